The van der Waals surface area contributed by atoms with E-state index < -0.39 is 29.7 Å². The van der Waals surface area contributed by atoms with E-state index in [0.29, 0.717) is 13.0 Å². The number of carbonyl (C=O) groups is 4. The molecule has 1 aliphatic carbocycles. The molecular weight excluding hydrogens is 372 g/mol. The molecule has 1 saturated carbocycles. The van der Waals surface area contributed by atoms with Gasteiger partial charge in [0, 0.05) is 18.9 Å². The maximum absolute atomic E-state index is 13.0. The molecule has 2 unspecified atom stereocenters. The topological polar surface area (TPSA) is 102 Å². The van der Waals surface area contributed by atoms with Crippen molar-refractivity contribution in [3.05, 3.63) is 35.9 Å². The number of Topliss-reactive ketones (excluding diaryl/α,β-unsaturated/α-hetero) is 2. The van der Waals surface area contributed by atoms with Crippen molar-refractivity contribution in [1.29, 1.82) is 0 Å². The minimum absolute atomic E-state index is 0.0214. The van der Waals surface area contributed by atoms with Crippen LogP contribution in [0.5, 0.6) is 0 Å². The van der Waals surface area contributed by atoms with Crippen LogP contribution in [0.4, 0.5) is 4.79 Å². The van der Waals surface area contributed by atoms with Gasteiger partial charge in [-0.15, -0.1) is 0 Å². The fourth-order valence-electron chi connectivity index (χ4n) is 3.81. The summed E-state index contributed by atoms with van der Waals surface area (Å²) in [5.41, 5.74) is 0.861. The van der Waals surface area contributed by atoms with E-state index in [9.17, 15) is 19.2 Å². The molecule has 0 bridgehead atoms. The van der Waals surface area contributed by atoms with E-state index in [1.165, 1.54) is 0 Å². The second-order valence-electron chi connectivity index (χ2n) is 7.86. The lowest BCUT2D eigenvalue weighted by Gasteiger charge is -2.33. The molecule has 29 heavy (non-hydrogen) atoms. The van der Waals surface area contributed by atoms with Crippen LogP contribution in [0.3, 0.4) is 0 Å². The fourth-order valence-corrected chi connectivity index (χ4v) is 3.81. The lowest BCUT2D eigenvalue weighted by atomic mass is 9.76. The minimum atomic E-state index is -0.673. The van der Waals surface area contributed by atoms with Gasteiger partial charge in [0.15, 0.2) is 5.78 Å². The van der Waals surface area contributed by atoms with Gasteiger partial charge in [0.25, 0.3) is 5.91 Å². The van der Waals surface area contributed by atoms with E-state index in [1.54, 1.807) is 0 Å². The summed E-state index contributed by atoms with van der Waals surface area (Å²) in [6, 6.07) is 8.64. The molecule has 1 aliphatic heterocycles. The third kappa shape index (κ3) is 5.89. The van der Waals surface area contributed by atoms with Crippen molar-refractivity contribution in [3.8, 4) is 0 Å². The zero-order valence-corrected chi connectivity index (χ0v) is 16.5. The van der Waals surface area contributed by atoms with Crippen molar-refractivity contribution in [2.75, 3.05) is 6.54 Å². The first-order valence-electron chi connectivity index (χ1n) is 10.4. The molecular formula is C22H28N2O5. The van der Waals surface area contributed by atoms with Gasteiger partial charge in [-0.25, -0.2) is 4.79 Å². The number of ketones is 2. The SMILES string of the molecule is O=C(NC(C(=O)CC1CCCCNC(=O)C1=O)C1CCC1)OCc1ccccc1. The van der Waals surface area contributed by atoms with E-state index >= 15 is 0 Å². The highest BCUT2D eigenvalue weighted by atomic mass is 16.5. The summed E-state index contributed by atoms with van der Waals surface area (Å²) in [6.45, 7) is 0.615. The molecule has 7 heteroatoms. The van der Waals surface area contributed by atoms with Crippen molar-refractivity contribution in [2.45, 2.75) is 57.6 Å². The highest BCUT2D eigenvalue weighted by Gasteiger charge is 2.37. The van der Waals surface area contributed by atoms with E-state index in [-0.39, 0.29) is 24.7 Å². The Morgan fingerprint density at radius 3 is 2.52 bits per heavy atom. The van der Waals surface area contributed by atoms with Gasteiger partial charge >= 0.3 is 6.09 Å². The molecule has 1 aromatic rings. The first-order chi connectivity index (χ1) is 14.0. The van der Waals surface area contributed by atoms with Crippen LogP contribution in [-0.4, -0.2) is 36.2 Å². The van der Waals surface area contributed by atoms with Gasteiger partial charge in [-0.05, 0) is 37.2 Å². The molecule has 2 amide bonds. The standard InChI is InChI=1S/C22H28N2O5/c25-18(13-17-9-4-5-12-23-21(27)20(17)26)19(16-10-6-11-16)24-22(28)29-14-15-7-2-1-3-8-15/h1-3,7-8,16-17,19H,4-6,9-14H2,(H,23,27)(H,24,28). The van der Waals surface area contributed by atoms with Gasteiger partial charge in [-0.1, -0.05) is 43.2 Å². The molecule has 7 nitrogen and oxygen atoms in total. The highest BCUT2D eigenvalue weighted by molar-refractivity contribution is 6.37. The van der Waals surface area contributed by atoms with Crippen molar-refractivity contribution in [3.63, 3.8) is 0 Å². The van der Waals surface area contributed by atoms with Crippen LogP contribution in [0.15, 0.2) is 30.3 Å². The Labute approximate surface area is 170 Å². The van der Waals surface area contributed by atoms with Crippen LogP contribution in [-0.2, 0) is 25.7 Å². The van der Waals surface area contributed by atoms with Crippen LogP contribution >= 0.6 is 0 Å². The second-order valence-corrected chi connectivity index (χ2v) is 7.86. The van der Waals surface area contributed by atoms with Gasteiger partial charge < -0.3 is 15.4 Å². The third-order valence-corrected chi connectivity index (χ3v) is 5.76. The number of hydrogen-bond donors (Lipinski definition) is 2. The van der Waals surface area contributed by atoms with Crippen molar-refractivity contribution >= 4 is 23.6 Å². The number of ether oxygens (including phenoxy) is 1. The minimum Gasteiger partial charge on any atom is -0.445 e. The molecule has 156 valence electrons. The quantitative estimate of drug-likeness (QED) is 0.685. The Balaban J connectivity index is 1.58. The van der Waals surface area contributed by atoms with Crippen LogP contribution in [0.2, 0.25) is 0 Å². The summed E-state index contributed by atoms with van der Waals surface area (Å²) in [6.07, 6.45) is 4.16. The number of amides is 2. The van der Waals surface area contributed by atoms with Crippen molar-refractivity contribution in [2.24, 2.45) is 11.8 Å². The van der Waals surface area contributed by atoms with Crippen molar-refractivity contribution < 1.29 is 23.9 Å². The van der Waals surface area contributed by atoms with Gasteiger partial charge in [0.05, 0.1) is 6.04 Å². The Morgan fingerprint density at radius 1 is 1.07 bits per heavy atom. The predicted molar refractivity (Wildman–Crippen MR) is 106 cm³/mol. The maximum Gasteiger partial charge on any atom is 0.408 e. The summed E-state index contributed by atoms with van der Waals surface area (Å²) in [7, 11) is 0. The van der Waals surface area contributed by atoms with Crippen molar-refractivity contribution in [1.82, 2.24) is 10.6 Å². The van der Waals surface area contributed by atoms with Crippen LogP contribution < -0.4 is 10.6 Å². The molecule has 2 atom stereocenters. The molecule has 0 aromatic heterocycles. The number of rotatable bonds is 7. The molecule has 1 saturated heterocycles. The molecule has 2 aliphatic rings. The fraction of sp³-hybridized carbons (Fsp3) is 0.545. The average molecular weight is 400 g/mol. The first kappa shape index (κ1) is 21.0. The number of benzene rings is 1. The number of nitrogens with one attached hydrogen (secondary N) is 2. The number of carbonyl (C=O) groups excluding carboxylic acids is 4. The summed E-state index contributed by atoms with van der Waals surface area (Å²) in [5.74, 6) is -1.90. The first-order valence-corrected chi connectivity index (χ1v) is 10.4. The largest absolute Gasteiger partial charge is 0.445 e. The monoisotopic (exact) mass is 400 g/mol. The molecule has 1 aromatic carbocycles. The van der Waals surface area contributed by atoms with Crippen LogP contribution in [0, 0.1) is 11.8 Å². The van der Waals surface area contributed by atoms with Gasteiger partial charge in [-0.3, -0.25) is 14.4 Å². The Morgan fingerprint density at radius 2 is 1.83 bits per heavy atom. The Bertz CT molecular complexity index is 745. The zero-order chi connectivity index (χ0) is 20.6. The Hall–Kier alpha value is -2.70. The van der Waals surface area contributed by atoms with E-state index in [2.05, 4.69) is 10.6 Å². The molecule has 0 radical (unpaired) electrons. The van der Waals surface area contributed by atoms with E-state index in [1.807, 2.05) is 30.3 Å². The van der Waals surface area contributed by atoms with Gasteiger partial charge in [0.2, 0.25) is 5.78 Å². The van der Waals surface area contributed by atoms with Gasteiger partial charge in [0.1, 0.15) is 6.61 Å². The summed E-state index contributed by atoms with van der Waals surface area (Å²) < 4.78 is 5.26. The second kappa shape index (κ2) is 10.2. The summed E-state index contributed by atoms with van der Waals surface area (Å²) in [4.78, 5) is 49.4. The van der Waals surface area contributed by atoms with E-state index in [4.69, 9.17) is 4.74 Å². The molecule has 3 rings (SSSR count). The normalized spacial score (nSPS) is 21.2. The molecule has 1 heterocycles. The predicted octanol–water partition coefficient (Wildman–Crippen LogP) is 2.53. The number of alkyl carbamates (subject to hydrolysis) is 1. The molecule has 0 spiro atoms. The maximum atomic E-state index is 13.0. The highest BCUT2D eigenvalue weighted by Crippen LogP contribution is 2.31. The van der Waals surface area contributed by atoms with E-state index in [0.717, 1.165) is 37.7 Å². The lowest BCUT2D eigenvalue weighted by Crippen LogP contribution is -2.49. The lowest BCUT2D eigenvalue weighted by molar-refractivity contribution is -0.142. The molecule has 2 fully saturated rings. The van der Waals surface area contributed by atoms with Crippen LogP contribution in [0.25, 0.3) is 0 Å². The molecule has 2 N–H and O–H groups in total. The van der Waals surface area contributed by atoms with Crippen LogP contribution in [0.1, 0.15) is 50.5 Å². The Kier molecular flexibility index (Phi) is 7.38. The zero-order valence-electron chi connectivity index (χ0n) is 16.5. The smallest absolute Gasteiger partial charge is 0.408 e. The average Bonchev–Trinajstić information content (AvgIpc) is 2.68. The summed E-state index contributed by atoms with van der Waals surface area (Å²) in [5, 5.41) is 5.30. The number of hydrogen-bond acceptors (Lipinski definition) is 5. The summed E-state index contributed by atoms with van der Waals surface area (Å²) >= 11 is 0. The van der Waals surface area contributed by atoms with Gasteiger partial charge in [-0.2, -0.15) is 0 Å². The third-order valence-electron chi connectivity index (χ3n) is 5.76.